The van der Waals surface area contributed by atoms with E-state index in [4.69, 9.17) is 9.97 Å². The maximum absolute atomic E-state index is 12.8. The van der Waals surface area contributed by atoms with Crippen LogP contribution in [0.15, 0.2) is 54.0 Å². The lowest BCUT2D eigenvalue weighted by molar-refractivity contribution is 0.0751. The number of anilines is 1. The van der Waals surface area contributed by atoms with Crippen molar-refractivity contribution in [1.82, 2.24) is 24.6 Å². The number of rotatable bonds is 6. The number of carbonyl (C=O) groups is 1. The van der Waals surface area contributed by atoms with Gasteiger partial charge in [-0.05, 0) is 30.0 Å². The van der Waals surface area contributed by atoms with Gasteiger partial charge in [-0.2, -0.15) is 5.10 Å². The number of benzene rings is 1. The first-order chi connectivity index (χ1) is 16.2. The van der Waals surface area contributed by atoms with Crippen molar-refractivity contribution in [3.63, 3.8) is 0 Å². The summed E-state index contributed by atoms with van der Waals surface area (Å²) in [6, 6.07) is 13.9. The summed E-state index contributed by atoms with van der Waals surface area (Å²) in [5.74, 6) is 2.16. The van der Waals surface area contributed by atoms with Crippen molar-refractivity contribution < 1.29 is 4.79 Å². The van der Waals surface area contributed by atoms with Gasteiger partial charge in [-0.25, -0.2) is 14.6 Å². The Kier molecular flexibility index (Phi) is 6.09. The van der Waals surface area contributed by atoms with Gasteiger partial charge in [-0.3, -0.25) is 4.79 Å². The molecule has 0 saturated carbocycles. The maximum Gasteiger partial charge on any atom is 0.264 e. The molecule has 0 spiro atoms. The summed E-state index contributed by atoms with van der Waals surface area (Å²) in [5, 5.41) is 7.57. The van der Waals surface area contributed by atoms with Crippen LogP contribution in [0.5, 0.6) is 0 Å². The van der Waals surface area contributed by atoms with Gasteiger partial charge >= 0.3 is 0 Å². The average molecular weight is 461 g/mol. The Labute approximate surface area is 197 Å². The van der Waals surface area contributed by atoms with Crippen LogP contribution >= 0.6 is 11.3 Å². The predicted molar refractivity (Wildman–Crippen MR) is 132 cm³/mol. The Bertz CT molecular complexity index is 1230. The molecular weight excluding hydrogens is 432 g/mol. The van der Waals surface area contributed by atoms with Crippen LogP contribution in [0.3, 0.4) is 0 Å². The van der Waals surface area contributed by atoms with E-state index in [1.54, 1.807) is 0 Å². The third kappa shape index (κ3) is 4.23. The molecule has 5 rings (SSSR count). The van der Waals surface area contributed by atoms with E-state index < -0.39 is 0 Å². The maximum atomic E-state index is 12.8. The van der Waals surface area contributed by atoms with E-state index in [1.807, 2.05) is 63.6 Å². The van der Waals surface area contributed by atoms with E-state index in [1.165, 1.54) is 11.3 Å². The minimum Gasteiger partial charge on any atom is -0.352 e. The molecule has 3 aromatic heterocycles. The number of para-hydroxylation sites is 1. The number of hydrogen-bond acceptors (Lipinski definition) is 6. The van der Waals surface area contributed by atoms with Gasteiger partial charge in [0.1, 0.15) is 11.6 Å². The summed E-state index contributed by atoms with van der Waals surface area (Å²) in [6.45, 7) is 7.20. The van der Waals surface area contributed by atoms with Crippen LogP contribution in [0, 0.1) is 0 Å². The first kappa shape index (κ1) is 21.6. The topological polar surface area (TPSA) is 67.2 Å². The van der Waals surface area contributed by atoms with Gasteiger partial charge in [-0.15, -0.1) is 11.3 Å². The second-order valence-corrected chi connectivity index (χ2v) is 9.43. The summed E-state index contributed by atoms with van der Waals surface area (Å²) in [7, 11) is 0. The van der Waals surface area contributed by atoms with Gasteiger partial charge < -0.3 is 9.80 Å². The lowest BCUT2D eigenvalue weighted by Gasteiger charge is -2.35. The predicted octanol–water partition coefficient (Wildman–Crippen LogP) is 4.74. The number of hydrogen-bond donors (Lipinski definition) is 0. The molecule has 4 aromatic rings. The lowest BCUT2D eigenvalue weighted by atomic mass is 10.1. The molecule has 0 bridgehead atoms. The van der Waals surface area contributed by atoms with Crippen LogP contribution in [-0.4, -0.2) is 56.7 Å². The molecule has 170 valence electrons. The number of nitrogens with zero attached hydrogens (tertiary/aromatic N) is 6. The average Bonchev–Trinajstić information content (AvgIpc) is 3.54. The molecule has 0 aliphatic carbocycles. The Morgan fingerprint density at radius 3 is 2.55 bits per heavy atom. The summed E-state index contributed by atoms with van der Waals surface area (Å²) in [5.41, 5.74) is 1.82. The SMILES string of the molecule is CCC[C@@H](C)c1nc(N2CCN(C(=O)c3cccs3)CC2)c2cnn(-c3ccccc3)c2n1. The Morgan fingerprint density at radius 1 is 1.06 bits per heavy atom. The number of aromatic nitrogens is 4. The van der Waals surface area contributed by atoms with E-state index in [9.17, 15) is 4.79 Å². The molecule has 1 aromatic carbocycles. The van der Waals surface area contributed by atoms with Crippen LogP contribution in [0.2, 0.25) is 0 Å². The minimum absolute atomic E-state index is 0.117. The number of thiophene rings is 1. The van der Waals surface area contributed by atoms with Crippen molar-refractivity contribution in [3.05, 3.63) is 64.7 Å². The van der Waals surface area contributed by atoms with Crippen LogP contribution in [0.4, 0.5) is 5.82 Å². The van der Waals surface area contributed by atoms with Gasteiger partial charge in [0.05, 0.1) is 22.1 Å². The van der Waals surface area contributed by atoms with Gasteiger partial charge in [0.2, 0.25) is 0 Å². The fourth-order valence-electron chi connectivity index (χ4n) is 4.37. The fourth-order valence-corrected chi connectivity index (χ4v) is 5.06. The van der Waals surface area contributed by atoms with Crippen molar-refractivity contribution >= 4 is 34.1 Å². The highest BCUT2D eigenvalue weighted by Gasteiger charge is 2.26. The molecule has 1 aliphatic rings. The summed E-state index contributed by atoms with van der Waals surface area (Å²) in [6.07, 6.45) is 3.99. The molecule has 8 heteroatoms. The molecule has 1 atom stereocenters. The first-order valence-electron chi connectivity index (χ1n) is 11.5. The molecule has 0 unspecified atom stereocenters. The van der Waals surface area contributed by atoms with Crippen molar-refractivity contribution in [2.45, 2.75) is 32.6 Å². The fraction of sp³-hybridized carbons (Fsp3) is 0.360. The zero-order valence-electron chi connectivity index (χ0n) is 19.0. The third-order valence-corrected chi connectivity index (χ3v) is 7.05. The number of amides is 1. The molecule has 1 aliphatic heterocycles. The number of carbonyl (C=O) groups excluding carboxylic acids is 1. The highest BCUT2D eigenvalue weighted by Crippen LogP contribution is 2.30. The van der Waals surface area contributed by atoms with Gasteiger partial charge in [0.25, 0.3) is 5.91 Å². The molecule has 0 radical (unpaired) electrons. The van der Waals surface area contributed by atoms with Crippen LogP contribution in [0.1, 0.15) is 48.1 Å². The highest BCUT2D eigenvalue weighted by atomic mass is 32.1. The molecule has 33 heavy (non-hydrogen) atoms. The molecule has 1 amide bonds. The molecule has 7 nitrogen and oxygen atoms in total. The van der Waals surface area contributed by atoms with E-state index in [0.717, 1.165) is 59.2 Å². The Hall–Kier alpha value is -3.26. The van der Waals surface area contributed by atoms with Crippen LogP contribution < -0.4 is 4.90 Å². The minimum atomic E-state index is 0.117. The monoisotopic (exact) mass is 460 g/mol. The zero-order valence-corrected chi connectivity index (χ0v) is 19.8. The van der Waals surface area contributed by atoms with Crippen molar-refractivity contribution in [1.29, 1.82) is 0 Å². The second-order valence-electron chi connectivity index (χ2n) is 8.48. The molecular formula is C25H28N6OS. The number of fused-ring (bicyclic) bond motifs is 1. The molecule has 0 N–H and O–H groups in total. The number of piperazine rings is 1. The smallest absolute Gasteiger partial charge is 0.264 e. The Morgan fingerprint density at radius 2 is 1.85 bits per heavy atom. The van der Waals surface area contributed by atoms with E-state index in [2.05, 4.69) is 23.8 Å². The van der Waals surface area contributed by atoms with Crippen LogP contribution in [0.25, 0.3) is 16.7 Å². The quantitative estimate of drug-likeness (QED) is 0.416. The normalized spacial score (nSPS) is 15.2. The van der Waals surface area contributed by atoms with E-state index in [0.29, 0.717) is 13.1 Å². The van der Waals surface area contributed by atoms with Crippen molar-refractivity contribution in [3.8, 4) is 5.69 Å². The second kappa shape index (κ2) is 9.31. The van der Waals surface area contributed by atoms with Crippen LogP contribution in [-0.2, 0) is 0 Å². The molecule has 1 saturated heterocycles. The van der Waals surface area contributed by atoms with Crippen molar-refractivity contribution in [2.75, 3.05) is 31.1 Å². The lowest BCUT2D eigenvalue weighted by Crippen LogP contribution is -2.49. The molecule has 4 heterocycles. The highest BCUT2D eigenvalue weighted by molar-refractivity contribution is 7.12. The standard InChI is InChI=1S/C25H28N6OS/c1-3-8-18(2)22-27-23(20-17-26-31(24(20)28-22)19-9-5-4-6-10-19)29-12-14-30(15-13-29)25(32)21-11-7-16-33-21/h4-7,9-11,16-18H,3,8,12-15H2,1-2H3/t18-/m1/s1. The van der Waals surface area contributed by atoms with E-state index in [-0.39, 0.29) is 11.8 Å². The largest absolute Gasteiger partial charge is 0.352 e. The summed E-state index contributed by atoms with van der Waals surface area (Å²) < 4.78 is 1.90. The van der Waals surface area contributed by atoms with Gasteiger partial charge in [0, 0.05) is 32.1 Å². The first-order valence-corrected chi connectivity index (χ1v) is 12.4. The summed E-state index contributed by atoms with van der Waals surface area (Å²) >= 11 is 1.50. The Balaban J connectivity index is 1.48. The molecule has 1 fully saturated rings. The third-order valence-electron chi connectivity index (χ3n) is 6.19. The van der Waals surface area contributed by atoms with E-state index >= 15 is 0 Å². The summed E-state index contributed by atoms with van der Waals surface area (Å²) in [4.78, 5) is 27.8. The van der Waals surface area contributed by atoms with Gasteiger partial charge in [-0.1, -0.05) is 44.5 Å². The van der Waals surface area contributed by atoms with Crippen molar-refractivity contribution in [2.24, 2.45) is 0 Å². The zero-order chi connectivity index (χ0) is 22.8. The van der Waals surface area contributed by atoms with Gasteiger partial charge in [0.15, 0.2) is 5.65 Å².